The molecule has 0 unspecified atom stereocenters. The summed E-state index contributed by atoms with van der Waals surface area (Å²) in [7, 11) is 0. The van der Waals surface area contributed by atoms with Gasteiger partial charge in [0.2, 0.25) is 0 Å². The van der Waals surface area contributed by atoms with Crippen molar-refractivity contribution in [3.63, 3.8) is 0 Å². The first-order chi connectivity index (χ1) is 34.3. The van der Waals surface area contributed by atoms with Gasteiger partial charge in [0, 0.05) is 22.5 Å². The molecule has 69 heavy (non-hydrogen) atoms. The van der Waals surface area contributed by atoms with E-state index in [1.807, 2.05) is 0 Å². The van der Waals surface area contributed by atoms with E-state index in [1.165, 1.54) is 94.7 Å². The predicted molar refractivity (Wildman–Crippen MR) is 287 cm³/mol. The van der Waals surface area contributed by atoms with Gasteiger partial charge < -0.3 is 4.90 Å². The number of fused-ring (bicyclic) bond motifs is 6. The van der Waals surface area contributed by atoms with Gasteiger partial charge in [-0.2, -0.15) is 0 Å². The number of rotatable bonds is 9. The van der Waals surface area contributed by atoms with Crippen LogP contribution in [0.4, 0.5) is 17.1 Å². The maximum Gasteiger partial charge on any atom is 0.0714 e. The van der Waals surface area contributed by atoms with Crippen LogP contribution in [0.3, 0.4) is 0 Å². The van der Waals surface area contributed by atoms with E-state index >= 15 is 0 Å². The Bertz CT molecular complexity index is 3530. The molecule has 0 bridgehead atoms. The highest BCUT2D eigenvalue weighted by atomic mass is 15.1. The van der Waals surface area contributed by atoms with Crippen molar-refractivity contribution < 1.29 is 0 Å². The third kappa shape index (κ3) is 6.17. The van der Waals surface area contributed by atoms with Crippen LogP contribution >= 0.6 is 0 Å². The van der Waals surface area contributed by atoms with E-state index in [0.29, 0.717) is 0 Å². The number of anilines is 3. The largest absolute Gasteiger partial charge is 0.309 e. The van der Waals surface area contributed by atoms with Crippen LogP contribution in [0.1, 0.15) is 44.5 Å². The van der Waals surface area contributed by atoms with Crippen LogP contribution in [0.25, 0.3) is 44.5 Å². The van der Waals surface area contributed by atoms with Gasteiger partial charge in [0.25, 0.3) is 0 Å². The Morgan fingerprint density at radius 3 is 1.07 bits per heavy atom. The lowest BCUT2D eigenvalue weighted by molar-refractivity contribution is 0.744. The maximum absolute atomic E-state index is 2.64. The van der Waals surface area contributed by atoms with Crippen LogP contribution in [0.5, 0.6) is 0 Å². The first-order valence-corrected chi connectivity index (χ1v) is 24.0. The van der Waals surface area contributed by atoms with Crippen LogP contribution in [0.2, 0.25) is 0 Å². The molecule has 0 N–H and O–H groups in total. The van der Waals surface area contributed by atoms with Crippen LogP contribution in [0.15, 0.2) is 285 Å². The lowest BCUT2D eigenvalue weighted by Crippen LogP contribution is -2.31. The molecule has 11 aromatic rings. The first-order valence-electron chi connectivity index (χ1n) is 24.0. The normalized spacial score (nSPS) is 13.4. The molecular weight excluding hydrogens is 831 g/mol. The second kappa shape index (κ2) is 16.5. The van der Waals surface area contributed by atoms with E-state index < -0.39 is 10.8 Å². The molecule has 11 aromatic carbocycles. The fourth-order valence-corrected chi connectivity index (χ4v) is 12.0. The minimum absolute atomic E-state index is 0.666. The van der Waals surface area contributed by atoms with E-state index in [0.717, 1.165) is 11.4 Å². The molecule has 0 heterocycles. The SMILES string of the molecule is c1ccc(-c2ccc(N(c3ccccc3)c3c4c(cc5c3-c3cc(-c6ccccc6)ccc3C5(c3ccccc3)c3ccccc3)C(c3ccccc3)(c3ccccc3)c3ccccc3-4)cc2)cc1. The Kier molecular flexibility index (Phi) is 9.70. The molecule has 0 spiro atoms. The van der Waals surface area contributed by atoms with Crippen LogP contribution in [-0.2, 0) is 10.8 Å². The van der Waals surface area contributed by atoms with Gasteiger partial charge in [-0.15, -0.1) is 0 Å². The van der Waals surface area contributed by atoms with Gasteiger partial charge in [-0.3, -0.25) is 0 Å². The molecule has 0 aliphatic heterocycles. The number of hydrogen-bond acceptors (Lipinski definition) is 1. The van der Waals surface area contributed by atoms with E-state index in [1.54, 1.807) is 0 Å². The molecule has 2 aliphatic rings. The van der Waals surface area contributed by atoms with Crippen molar-refractivity contribution >= 4 is 17.1 Å². The fourth-order valence-electron chi connectivity index (χ4n) is 12.0. The Balaban J connectivity index is 1.26. The fraction of sp³-hybridized carbons (Fsp3) is 0.0294. The summed E-state index contributed by atoms with van der Waals surface area (Å²) in [6, 6.07) is 106. The van der Waals surface area contributed by atoms with E-state index in [4.69, 9.17) is 0 Å². The Morgan fingerprint density at radius 2 is 0.580 bits per heavy atom. The van der Waals surface area contributed by atoms with Crippen molar-refractivity contribution in [2.45, 2.75) is 10.8 Å². The van der Waals surface area contributed by atoms with Crippen LogP contribution in [0, 0.1) is 0 Å². The minimum Gasteiger partial charge on any atom is -0.309 e. The lowest BCUT2D eigenvalue weighted by atomic mass is 9.64. The van der Waals surface area contributed by atoms with Gasteiger partial charge in [-0.25, -0.2) is 0 Å². The summed E-state index contributed by atoms with van der Waals surface area (Å²) in [6.07, 6.45) is 0. The summed E-state index contributed by atoms with van der Waals surface area (Å²) >= 11 is 0. The summed E-state index contributed by atoms with van der Waals surface area (Å²) in [4.78, 5) is 2.57. The van der Waals surface area contributed by atoms with Gasteiger partial charge in [0.05, 0.1) is 16.5 Å². The third-order valence-corrected chi connectivity index (χ3v) is 14.8. The predicted octanol–water partition coefficient (Wildman–Crippen LogP) is 17.2. The molecule has 324 valence electrons. The molecule has 0 atom stereocenters. The summed E-state index contributed by atoms with van der Waals surface area (Å²) in [5.41, 5.74) is 21.7. The van der Waals surface area contributed by atoms with Crippen molar-refractivity contribution in [1.82, 2.24) is 0 Å². The van der Waals surface area contributed by atoms with E-state index in [-0.39, 0.29) is 0 Å². The standard InChI is InChI=1S/C68H47N/c1-8-24-48(25-9-1)50-40-43-57(44-41-50)69(56-36-20-7-21-37-56)66-64-58-38-22-23-39-60(58)67(52-28-12-3-13-29-52,53-30-14-4-15-31-53)62(64)47-63-65(66)59-46-51(49-26-10-2-11-27-49)42-45-61(59)68(63,54-32-16-5-17-33-54)55-34-18-6-19-35-55/h1-47H. The first kappa shape index (κ1) is 40.5. The molecule has 1 nitrogen and oxygen atoms in total. The second-order valence-corrected chi connectivity index (χ2v) is 18.3. The van der Waals surface area contributed by atoms with Crippen molar-refractivity contribution in [2.24, 2.45) is 0 Å². The average molecular weight is 878 g/mol. The number of benzene rings is 11. The van der Waals surface area contributed by atoms with Crippen LogP contribution < -0.4 is 4.90 Å². The highest BCUT2D eigenvalue weighted by Crippen LogP contribution is 2.67. The second-order valence-electron chi connectivity index (χ2n) is 18.3. The van der Waals surface area contributed by atoms with Crippen LogP contribution in [-0.4, -0.2) is 0 Å². The highest BCUT2D eigenvalue weighted by Gasteiger charge is 2.54. The molecule has 2 aliphatic carbocycles. The Hall–Kier alpha value is -8.78. The van der Waals surface area contributed by atoms with Gasteiger partial charge >= 0.3 is 0 Å². The molecule has 0 aromatic heterocycles. The minimum atomic E-state index is -0.695. The molecule has 0 saturated carbocycles. The zero-order valence-corrected chi connectivity index (χ0v) is 38.1. The maximum atomic E-state index is 2.64. The molecule has 0 saturated heterocycles. The van der Waals surface area contributed by atoms with Gasteiger partial charge in [0.15, 0.2) is 0 Å². The monoisotopic (exact) mass is 877 g/mol. The topological polar surface area (TPSA) is 3.24 Å². The van der Waals surface area contributed by atoms with Crippen molar-refractivity contribution in [1.29, 1.82) is 0 Å². The number of hydrogen-bond donors (Lipinski definition) is 0. The van der Waals surface area contributed by atoms with Crippen molar-refractivity contribution in [3.8, 4) is 44.5 Å². The zero-order chi connectivity index (χ0) is 45.8. The quantitative estimate of drug-likeness (QED) is 0.140. The Labute approximate surface area is 404 Å². The zero-order valence-electron chi connectivity index (χ0n) is 38.1. The summed E-state index contributed by atoms with van der Waals surface area (Å²) in [6.45, 7) is 0. The molecule has 13 rings (SSSR count). The summed E-state index contributed by atoms with van der Waals surface area (Å²) in [5, 5.41) is 0. The van der Waals surface area contributed by atoms with Gasteiger partial charge in [-0.05, 0) is 108 Å². The summed E-state index contributed by atoms with van der Waals surface area (Å²) < 4.78 is 0. The van der Waals surface area contributed by atoms with Crippen molar-refractivity contribution in [3.05, 3.63) is 330 Å². The number of para-hydroxylation sites is 1. The third-order valence-electron chi connectivity index (χ3n) is 14.8. The molecule has 0 radical (unpaired) electrons. The van der Waals surface area contributed by atoms with Gasteiger partial charge in [-0.1, -0.05) is 255 Å². The average Bonchev–Trinajstić information content (AvgIpc) is 3.91. The van der Waals surface area contributed by atoms with E-state index in [9.17, 15) is 0 Å². The van der Waals surface area contributed by atoms with Gasteiger partial charge in [0.1, 0.15) is 0 Å². The molecule has 0 fully saturated rings. The molecular formula is C68H47N. The van der Waals surface area contributed by atoms with E-state index in [2.05, 4.69) is 290 Å². The summed E-state index contributed by atoms with van der Waals surface area (Å²) in [5.74, 6) is 0. The van der Waals surface area contributed by atoms with Crippen molar-refractivity contribution in [2.75, 3.05) is 4.90 Å². The Morgan fingerprint density at radius 1 is 0.232 bits per heavy atom. The number of nitrogens with zero attached hydrogens (tertiary/aromatic N) is 1. The molecule has 0 amide bonds. The smallest absolute Gasteiger partial charge is 0.0714 e. The molecule has 1 heteroatoms. The lowest BCUT2D eigenvalue weighted by Gasteiger charge is -2.38. The highest BCUT2D eigenvalue weighted by molar-refractivity contribution is 6.08.